The lowest BCUT2D eigenvalue weighted by molar-refractivity contribution is 0.0686. The Labute approximate surface area is 239 Å². The maximum Gasteiger partial charge on any atom is 0.335 e. The Morgan fingerprint density at radius 1 is 0.452 bits per heavy atom. The highest BCUT2D eigenvalue weighted by atomic mass is 16.4. The number of rotatable bonds is 4. The summed E-state index contributed by atoms with van der Waals surface area (Å²) in [7, 11) is 0. The van der Waals surface area contributed by atoms with E-state index in [4.69, 9.17) is 9.97 Å². The lowest BCUT2D eigenvalue weighted by atomic mass is 10.2. The lowest BCUT2D eigenvalue weighted by Crippen LogP contribution is -1.98. The second-order valence-corrected chi connectivity index (χ2v) is 9.91. The maximum absolute atomic E-state index is 11.4. The minimum atomic E-state index is -0.973. The van der Waals surface area contributed by atoms with Crippen LogP contribution in [0.15, 0.2) is 97.1 Å². The number of benzene rings is 2. The average molecular weight is 551 g/mol. The Kier molecular flexibility index (Phi) is 5.87. The summed E-state index contributed by atoms with van der Waals surface area (Å²) < 4.78 is 4.09. The smallest absolute Gasteiger partial charge is 0.335 e. The van der Waals surface area contributed by atoms with Crippen LogP contribution in [-0.4, -0.2) is 41.3 Å². The minimum absolute atomic E-state index is 0.220. The fourth-order valence-electron chi connectivity index (χ4n) is 5.21. The van der Waals surface area contributed by atoms with Crippen molar-refractivity contribution in [3.8, 4) is 11.4 Å². The fraction of sp³-hybridized carbons (Fsp3) is 0. The van der Waals surface area contributed by atoms with Gasteiger partial charge in [-0.15, -0.1) is 0 Å². The van der Waals surface area contributed by atoms with Gasteiger partial charge in [-0.25, -0.2) is 19.6 Å². The van der Waals surface area contributed by atoms with Gasteiger partial charge in [0.15, 0.2) is 0 Å². The molecule has 0 aliphatic carbocycles. The minimum Gasteiger partial charge on any atom is -0.478 e. The summed E-state index contributed by atoms with van der Waals surface area (Å²) in [4.78, 5) is 32.5. The van der Waals surface area contributed by atoms with Crippen LogP contribution in [0.3, 0.4) is 0 Å². The highest BCUT2D eigenvalue weighted by Gasteiger charge is 2.11. The molecule has 0 saturated carbocycles. The van der Waals surface area contributed by atoms with E-state index in [0.29, 0.717) is 0 Å². The van der Waals surface area contributed by atoms with Gasteiger partial charge in [-0.1, -0.05) is 0 Å². The molecule has 8 heteroatoms. The zero-order valence-electron chi connectivity index (χ0n) is 22.0. The molecule has 8 nitrogen and oxygen atoms in total. The van der Waals surface area contributed by atoms with Gasteiger partial charge in [-0.3, -0.25) is 0 Å². The van der Waals surface area contributed by atoms with Crippen LogP contribution in [0.2, 0.25) is 0 Å². The Balaban J connectivity index is 1.49. The van der Waals surface area contributed by atoms with E-state index >= 15 is 0 Å². The van der Waals surface area contributed by atoms with Crippen molar-refractivity contribution in [1.82, 2.24) is 19.1 Å². The lowest BCUT2D eigenvalue weighted by Gasteiger charge is -2.08. The molecule has 202 valence electrons. The van der Waals surface area contributed by atoms with Crippen LogP contribution in [-0.2, 0) is 0 Å². The van der Waals surface area contributed by atoms with Crippen molar-refractivity contribution in [1.29, 1.82) is 0 Å². The molecule has 0 saturated heterocycles. The Bertz CT molecular complexity index is 1890. The molecule has 2 aliphatic rings. The monoisotopic (exact) mass is 550 g/mol. The van der Waals surface area contributed by atoms with Crippen molar-refractivity contribution in [2.75, 3.05) is 0 Å². The van der Waals surface area contributed by atoms with Crippen LogP contribution in [0, 0.1) is 0 Å². The normalized spacial score (nSPS) is 12.0. The maximum atomic E-state index is 11.4. The highest BCUT2D eigenvalue weighted by molar-refractivity contribution is 5.89. The first-order valence-corrected chi connectivity index (χ1v) is 13.2. The van der Waals surface area contributed by atoms with Crippen LogP contribution in [0.5, 0.6) is 0 Å². The summed E-state index contributed by atoms with van der Waals surface area (Å²) in [6.45, 7) is 0. The van der Waals surface area contributed by atoms with E-state index in [1.54, 1.807) is 48.5 Å². The molecular formula is C34H22N4O4. The topological polar surface area (TPSA) is 110 Å². The molecule has 0 fully saturated rings. The second-order valence-electron chi connectivity index (χ2n) is 9.91. The van der Waals surface area contributed by atoms with Gasteiger partial charge in [0.1, 0.15) is 0 Å². The molecule has 0 radical (unpaired) electrons. The number of aromatic nitrogens is 4. The molecule has 8 bridgehead atoms. The van der Waals surface area contributed by atoms with Gasteiger partial charge in [0, 0.05) is 33.4 Å². The van der Waals surface area contributed by atoms with Crippen LogP contribution >= 0.6 is 0 Å². The third kappa shape index (κ3) is 4.56. The third-order valence-electron chi connectivity index (χ3n) is 7.18. The van der Waals surface area contributed by atoms with E-state index < -0.39 is 11.9 Å². The van der Waals surface area contributed by atoms with Crippen molar-refractivity contribution in [3.63, 3.8) is 0 Å². The highest BCUT2D eigenvalue weighted by Crippen LogP contribution is 2.25. The molecule has 5 aromatic rings. The van der Waals surface area contributed by atoms with E-state index in [9.17, 15) is 19.8 Å². The Morgan fingerprint density at radius 3 is 1.00 bits per heavy atom. The van der Waals surface area contributed by atoms with Gasteiger partial charge in [0.2, 0.25) is 0 Å². The molecule has 42 heavy (non-hydrogen) atoms. The molecule has 0 amide bonds. The van der Waals surface area contributed by atoms with Crippen LogP contribution in [0.4, 0.5) is 0 Å². The fourth-order valence-corrected chi connectivity index (χ4v) is 5.21. The zero-order chi connectivity index (χ0) is 28.8. The van der Waals surface area contributed by atoms with Gasteiger partial charge in [0.05, 0.1) is 33.9 Å². The summed E-state index contributed by atoms with van der Waals surface area (Å²) in [6.07, 6.45) is 7.80. The summed E-state index contributed by atoms with van der Waals surface area (Å²) in [5.74, 6) is -1.95. The molecule has 3 aromatic heterocycles. The summed E-state index contributed by atoms with van der Waals surface area (Å²) in [6, 6.07) is 29.5. The predicted molar refractivity (Wildman–Crippen MR) is 163 cm³/mol. The van der Waals surface area contributed by atoms with E-state index in [-0.39, 0.29) is 11.1 Å². The molecule has 7 rings (SSSR count). The van der Waals surface area contributed by atoms with Crippen molar-refractivity contribution in [3.05, 3.63) is 131 Å². The molecule has 2 aromatic carbocycles. The molecular weight excluding hydrogens is 528 g/mol. The number of hydrogen-bond acceptors (Lipinski definition) is 4. The zero-order valence-corrected chi connectivity index (χ0v) is 22.0. The molecule has 0 atom stereocenters. The number of aromatic carboxylic acids is 2. The Morgan fingerprint density at radius 2 is 0.738 bits per heavy atom. The van der Waals surface area contributed by atoms with Gasteiger partial charge >= 0.3 is 11.9 Å². The standard InChI is InChI=1S/C34H22N4O4/c39-33(40)21-1-9-27(10-2-21)37-29-13-14-30(37)18-24-6-8-26(36-24)20-32-16-15-31(19-25-7-5-23(17-29)35-25)38(32)28-11-3-22(4-12-28)34(41)42/h1-20H,(H,39,40)(H,41,42). The van der Waals surface area contributed by atoms with E-state index in [2.05, 4.69) is 0 Å². The first-order valence-electron chi connectivity index (χ1n) is 13.2. The van der Waals surface area contributed by atoms with E-state index in [0.717, 1.165) is 56.2 Å². The summed E-state index contributed by atoms with van der Waals surface area (Å²) >= 11 is 0. The van der Waals surface area contributed by atoms with Gasteiger partial charge in [0.25, 0.3) is 0 Å². The molecule has 2 aliphatic heterocycles. The number of carbonyl (C=O) groups is 2. The quantitative estimate of drug-likeness (QED) is 0.245. The van der Waals surface area contributed by atoms with Gasteiger partial charge in [-0.05, 0) is 121 Å². The Hall–Kier alpha value is -6.02. The van der Waals surface area contributed by atoms with Crippen molar-refractivity contribution in [2.24, 2.45) is 0 Å². The van der Waals surface area contributed by atoms with E-state index in [1.807, 2.05) is 82.0 Å². The summed E-state index contributed by atoms with van der Waals surface area (Å²) in [5.41, 5.74) is 8.67. The number of fused-ring (bicyclic) bond motifs is 8. The molecule has 5 heterocycles. The first-order chi connectivity index (χ1) is 20.4. The van der Waals surface area contributed by atoms with Crippen molar-refractivity contribution in [2.45, 2.75) is 0 Å². The first kappa shape index (κ1) is 25.0. The van der Waals surface area contributed by atoms with Crippen molar-refractivity contribution < 1.29 is 19.8 Å². The SMILES string of the molecule is O=C(O)c1ccc(-n2c3ccc2cc2nc(cc4ccc(cc5nc(c3)C=C5)n4-c3ccc(C(=O)O)cc3)C=C2)cc1. The van der Waals surface area contributed by atoms with Crippen LogP contribution in [0.25, 0.3) is 57.7 Å². The van der Waals surface area contributed by atoms with Crippen LogP contribution in [0.1, 0.15) is 43.5 Å². The van der Waals surface area contributed by atoms with Crippen molar-refractivity contribution >= 4 is 58.3 Å². The molecule has 2 N–H and O–H groups in total. The number of nitrogens with zero attached hydrogens (tertiary/aromatic N) is 4. The van der Waals surface area contributed by atoms with Gasteiger partial charge < -0.3 is 19.3 Å². The number of carboxylic acids is 2. The number of hydrogen-bond donors (Lipinski definition) is 2. The largest absolute Gasteiger partial charge is 0.478 e. The van der Waals surface area contributed by atoms with E-state index in [1.165, 1.54) is 0 Å². The predicted octanol–water partition coefficient (Wildman–Crippen LogP) is 6.98. The third-order valence-corrected chi connectivity index (χ3v) is 7.18. The second kappa shape index (κ2) is 9.87. The molecule has 0 unspecified atom stereocenters. The van der Waals surface area contributed by atoms with Crippen LogP contribution < -0.4 is 0 Å². The molecule has 0 spiro atoms. The number of carboxylic acid groups (broad SMARTS) is 2. The summed E-state index contributed by atoms with van der Waals surface area (Å²) in [5, 5.41) is 18.7. The average Bonchev–Trinajstić information content (AvgIpc) is 3.78. The van der Waals surface area contributed by atoms with Gasteiger partial charge in [-0.2, -0.15) is 0 Å².